The predicted octanol–water partition coefficient (Wildman–Crippen LogP) is 1.50. The smallest absolute Gasteiger partial charge is 0.207 e. The van der Waals surface area contributed by atoms with Crippen molar-refractivity contribution in [3.63, 3.8) is 0 Å². The second kappa shape index (κ2) is 8.52. The van der Waals surface area contributed by atoms with Gasteiger partial charge in [0, 0.05) is 12.6 Å². The maximum atomic E-state index is 10.7. The number of amides is 1. The molecule has 21 heavy (non-hydrogen) atoms. The van der Waals surface area contributed by atoms with Crippen LogP contribution in [0.15, 0.2) is 18.2 Å². The molecular formula is C16H24N2O3. The molecule has 1 unspecified atom stereocenters. The number of ether oxygens (including phenoxy) is 2. The first-order chi connectivity index (χ1) is 10.3. The van der Waals surface area contributed by atoms with E-state index in [1.165, 1.54) is 6.42 Å². The van der Waals surface area contributed by atoms with Crippen molar-refractivity contribution in [3.05, 3.63) is 23.8 Å². The van der Waals surface area contributed by atoms with Crippen LogP contribution in [0, 0.1) is 0 Å². The minimum Gasteiger partial charge on any atom is -0.486 e. The summed E-state index contributed by atoms with van der Waals surface area (Å²) in [4.78, 5) is 10.7. The number of nitrogens with one attached hydrogen (secondary N) is 2. The van der Waals surface area contributed by atoms with E-state index in [9.17, 15) is 4.79 Å². The third-order valence-corrected chi connectivity index (χ3v) is 3.49. The maximum Gasteiger partial charge on any atom is 0.207 e. The van der Waals surface area contributed by atoms with Crippen molar-refractivity contribution in [3.8, 4) is 11.5 Å². The van der Waals surface area contributed by atoms with Crippen LogP contribution in [0.3, 0.4) is 0 Å². The number of hydrogen-bond donors (Lipinski definition) is 2. The molecule has 1 aliphatic rings. The molecule has 0 radical (unpaired) electrons. The van der Waals surface area contributed by atoms with Gasteiger partial charge in [-0.25, -0.2) is 0 Å². The molecule has 1 heterocycles. The number of hydrogen-bond acceptors (Lipinski definition) is 4. The lowest BCUT2D eigenvalue weighted by atomic mass is 10.0. The third-order valence-electron chi connectivity index (χ3n) is 3.49. The summed E-state index contributed by atoms with van der Waals surface area (Å²) in [5.74, 6) is 1.59. The van der Waals surface area contributed by atoms with Gasteiger partial charge in [0.2, 0.25) is 6.41 Å². The first-order valence-corrected chi connectivity index (χ1v) is 7.62. The zero-order chi connectivity index (χ0) is 14.9. The van der Waals surface area contributed by atoms with E-state index >= 15 is 0 Å². The van der Waals surface area contributed by atoms with E-state index in [0.717, 1.165) is 49.4 Å². The second-order valence-electron chi connectivity index (χ2n) is 5.22. The lowest BCUT2D eigenvalue weighted by Crippen LogP contribution is -2.39. The Bertz CT molecular complexity index is 451. The molecule has 116 valence electrons. The summed E-state index contributed by atoms with van der Waals surface area (Å²) in [5, 5.41) is 6.25. The quantitative estimate of drug-likeness (QED) is 0.535. The van der Waals surface area contributed by atoms with E-state index in [1.807, 2.05) is 18.2 Å². The van der Waals surface area contributed by atoms with Gasteiger partial charge in [-0.3, -0.25) is 4.79 Å². The highest BCUT2D eigenvalue weighted by Crippen LogP contribution is 2.31. The van der Waals surface area contributed by atoms with Crippen LogP contribution in [-0.2, 0) is 11.2 Å². The van der Waals surface area contributed by atoms with Crippen LogP contribution in [-0.4, -0.2) is 38.8 Å². The molecule has 5 nitrogen and oxygen atoms in total. The second-order valence-corrected chi connectivity index (χ2v) is 5.22. The molecule has 0 aliphatic carbocycles. The van der Waals surface area contributed by atoms with Crippen LogP contribution in [0.4, 0.5) is 0 Å². The van der Waals surface area contributed by atoms with Crippen molar-refractivity contribution < 1.29 is 14.3 Å². The number of unbranched alkanes of at least 4 members (excludes halogenated alkanes) is 1. The Morgan fingerprint density at radius 2 is 2.10 bits per heavy atom. The molecule has 1 aromatic carbocycles. The zero-order valence-corrected chi connectivity index (χ0v) is 12.6. The van der Waals surface area contributed by atoms with Crippen LogP contribution < -0.4 is 20.1 Å². The van der Waals surface area contributed by atoms with Gasteiger partial charge in [-0.1, -0.05) is 19.4 Å². The SMILES string of the molecule is CCCCNCC(Cc1ccc2c(c1)OCCO2)NC=O. The monoisotopic (exact) mass is 292 g/mol. The lowest BCUT2D eigenvalue weighted by Gasteiger charge is -2.21. The highest BCUT2D eigenvalue weighted by Gasteiger charge is 2.14. The normalized spacial score (nSPS) is 14.5. The van der Waals surface area contributed by atoms with Gasteiger partial charge >= 0.3 is 0 Å². The molecule has 1 atom stereocenters. The molecule has 0 saturated heterocycles. The Labute approximate surface area is 126 Å². The molecule has 0 fully saturated rings. The zero-order valence-electron chi connectivity index (χ0n) is 12.6. The molecule has 1 aliphatic heterocycles. The Kier molecular flexibility index (Phi) is 6.34. The highest BCUT2D eigenvalue weighted by atomic mass is 16.6. The summed E-state index contributed by atoms with van der Waals surface area (Å²) in [7, 11) is 0. The predicted molar refractivity (Wildman–Crippen MR) is 81.9 cm³/mol. The van der Waals surface area contributed by atoms with Gasteiger partial charge in [-0.05, 0) is 37.1 Å². The number of fused-ring (bicyclic) bond motifs is 1. The number of carbonyl (C=O) groups excluding carboxylic acids is 1. The number of carbonyl (C=O) groups is 1. The van der Waals surface area contributed by atoms with Gasteiger partial charge < -0.3 is 20.1 Å². The fraction of sp³-hybridized carbons (Fsp3) is 0.562. The number of rotatable bonds is 9. The molecule has 2 N–H and O–H groups in total. The van der Waals surface area contributed by atoms with E-state index < -0.39 is 0 Å². The van der Waals surface area contributed by atoms with Crippen LogP contribution in [0.2, 0.25) is 0 Å². The molecular weight excluding hydrogens is 268 g/mol. The maximum absolute atomic E-state index is 10.7. The van der Waals surface area contributed by atoms with Gasteiger partial charge in [-0.2, -0.15) is 0 Å². The van der Waals surface area contributed by atoms with Crippen LogP contribution >= 0.6 is 0 Å². The van der Waals surface area contributed by atoms with E-state index in [-0.39, 0.29) is 6.04 Å². The molecule has 2 rings (SSSR count). The Balaban J connectivity index is 1.91. The summed E-state index contributed by atoms with van der Waals surface area (Å²) >= 11 is 0. The van der Waals surface area contributed by atoms with Gasteiger partial charge in [0.1, 0.15) is 13.2 Å². The van der Waals surface area contributed by atoms with E-state index in [2.05, 4.69) is 17.6 Å². The molecule has 1 amide bonds. The molecule has 0 bridgehead atoms. The topological polar surface area (TPSA) is 59.6 Å². The average Bonchev–Trinajstić information content (AvgIpc) is 2.51. The highest BCUT2D eigenvalue weighted by molar-refractivity contribution is 5.47. The first kappa shape index (κ1) is 15.6. The molecule has 0 aromatic heterocycles. The van der Waals surface area contributed by atoms with Gasteiger partial charge in [-0.15, -0.1) is 0 Å². The standard InChI is InChI=1S/C16H24N2O3/c1-2-3-6-17-11-14(18-12-19)9-13-4-5-15-16(10-13)21-8-7-20-15/h4-5,10,12,14,17H,2-3,6-9,11H2,1H3,(H,18,19). The summed E-state index contributed by atoms with van der Waals surface area (Å²) in [6, 6.07) is 6.05. The Morgan fingerprint density at radius 1 is 1.29 bits per heavy atom. The fourth-order valence-corrected chi connectivity index (χ4v) is 2.36. The van der Waals surface area contributed by atoms with Crippen LogP contribution in [0.5, 0.6) is 11.5 Å². The largest absolute Gasteiger partial charge is 0.486 e. The summed E-state index contributed by atoms with van der Waals surface area (Å²) < 4.78 is 11.1. The van der Waals surface area contributed by atoms with Crippen molar-refractivity contribution in [1.29, 1.82) is 0 Å². The summed E-state index contributed by atoms with van der Waals surface area (Å²) in [6.45, 7) is 5.11. The number of benzene rings is 1. The first-order valence-electron chi connectivity index (χ1n) is 7.62. The van der Waals surface area contributed by atoms with E-state index in [4.69, 9.17) is 9.47 Å². The minimum absolute atomic E-state index is 0.0851. The van der Waals surface area contributed by atoms with Crippen molar-refractivity contribution in [2.75, 3.05) is 26.3 Å². The van der Waals surface area contributed by atoms with E-state index in [1.54, 1.807) is 0 Å². The van der Waals surface area contributed by atoms with Crippen molar-refractivity contribution in [1.82, 2.24) is 10.6 Å². The lowest BCUT2D eigenvalue weighted by molar-refractivity contribution is -0.110. The van der Waals surface area contributed by atoms with E-state index in [0.29, 0.717) is 13.2 Å². The Hall–Kier alpha value is -1.75. The molecule has 5 heteroatoms. The molecule has 1 aromatic rings. The summed E-state index contributed by atoms with van der Waals surface area (Å²) in [5.41, 5.74) is 1.14. The Morgan fingerprint density at radius 3 is 2.86 bits per heavy atom. The van der Waals surface area contributed by atoms with Crippen molar-refractivity contribution >= 4 is 6.41 Å². The molecule has 0 saturated carbocycles. The summed E-state index contributed by atoms with van der Waals surface area (Å²) in [6.07, 6.45) is 3.86. The average molecular weight is 292 g/mol. The van der Waals surface area contributed by atoms with Gasteiger partial charge in [0.05, 0.1) is 0 Å². The van der Waals surface area contributed by atoms with Crippen LogP contribution in [0.25, 0.3) is 0 Å². The molecule has 0 spiro atoms. The fourth-order valence-electron chi connectivity index (χ4n) is 2.36. The van der Waals surface area contributed by atoms with Crippen molar-refractivity contribution in [2.45, 2.75) is 32.2 Å². The van der Waals surface area contributed by atoms with Crippen molar-refractivity contribution in [2.24, 2.45) is 0 Å². The minimum atomic E-state index is 0.0851. The van der Waals surface area contributed by atoms with Gasteiger partial charge in [0.25, 0.3) is 0 Å². The third kappa shape index (κ3) is 4.93. The van der Waals surface area contributed by atoms with Crippen LogP contribution in [0.1, 0.15) is 25.3 Å². The van der Waals surface area contributed by atoms with Gasteiger partial charge in [0.15, 0.2) is 11.5 Å².